The summed E-state index contributed by atoms with van der Waals surface area (Å²) in [7, 11) is 1.56. The van der Waals surface area contributed by atoms with Crippen molar-refractivity contribution in [3.05, 3.63) is 52.6 Å². The molecule has 0 unspecified atom stereocenters. The van der Waals surface area contributed by atoms with Crippen LogP contribution in [0.25, 0.3) is 6.08 Å². The third kappa shape index (κ3) is 3.90. The Kier molecular flexibility index (Phi) is 5.30. The van der Waals surface area contributed by atoms with Gasteiger partial charge in [0.25, 0.3) is 5.91 Å². The molecule has 0 spiro atoms. The Morgan fingerprint density at radius 3 is 2.69 bits per heavy atom. The van der Waals surface area contributed by atoms with Gasteiger partial charge in [0.2, 0.25) is 0 Å². The number of rotatable bonds is 4. The predicted molar refractivity (Wildman–Crippen MR) is 97.7 cm³/mol. The van der Waals surface area contributed by atoms with Gasteiger partial charge in [0.1, 0.15) is 30.6 Å². The minimum atomic E-state index is -0.524. The molecule has 0 radical (unpaired) electrons. The number of ether oxygens (including phenoxy) is 3. The van der Waals surface area contributed by atoms with E-state index >= 15 is 0 Å². The average Bonchev–Trinajstić information content (AvgIpc) is 2.66. The molecule has 7 heteroatoms. The second kappa shape index (κ2) is 7.81. The number of anilines is 1. The Labute approximate surface area is 155 Å². The number of fused-ring (bicyclic) bond motifs is 1. The topological polar surface area (TPSA) is 80.6 Å². The molecule has 6 nitrogen and oxygen atoms in total. The van der Waals surface area contributed by atoms with Crippen LogP contribution >= 0.6 is 11.6 Å². The smallest absolute Gasteiger partial charge is 0.266 e. The first-order valence-corrected chi connectivity index (χ1v) is 8.15. The Balaban J connectivity index is 1.82. The fourth-order valence-corrected chi connectivity index (χ4v) is 2.68. The number of nitrogens with one attached hydrogen (secondary N) is 1. The number of halogens is 1. The Morgan fingerprint density at radius 2 is 2.00 bits per heavy atom. The lowest BCUT2D eigenvalue weighted by Gasteiger charge is -2.19. The number of nitriles is 1. The SMILES string of the molecule is COc1ccc(NC(=O)/C(C#N)=C/c2cc(Cl)c3c(c2)OCCO3)cc1. The summed E-state index contributed by atoms with van der Waals surface area (Å²) in [5.41, 5.74) is 1.06. The van der Waals surface area contributed by atoms with Crippen LogP contribution in [-0.4, -0.2) is 26.2 Å². The predicted octanol–water partition coefficient (Wildman–Crippen LogP) is 3.67. The van der Waals surface area contributed by atoms with Crippen molar-refractivity contribution in [3.63, 3.8) is 0 Å². The van der Waals surface area contributed by atoms with Crippen LogP contribution in [0.1, 0.15) is 5.56 Å². The van der Waals surface area contributed by atoms with E-state index in [0.29, 0.717) is 46.7 Å². The van der Waals surface area contributed by atoms with Crippen molar-refractivity contribution in [2.75, 3.05) is 25.6 Å². The molecule has 0 atom stereocenters. The van der Waals surface area contributed by atoms with E-state index in [0.717, 1.165) is 0 Å². The second-order valence-electron chi connectivity index (χ2n) is 5.38. The van der Waals surface area contributed by atoms with Crippen molar-refractivity contribution in [1.29, 1.82) is 5.26 Å². The molecular weight excluding hydrogens is 356 g/mol. The van der Waals surface area contributed by atoms with E-state index in [-0.39, 0.29) is 5.57 Å². The van der Waals surface area contributed by atoms with Crippen LogP contribution in [0.3, 0.4) is 0 Å². The van der Waals surface area contributed by atoms with Crippen molar-refractivity contribution in [3.8, 4) is 23.3 Å². The van der Waals surface area contributed by atoms with Gasteiger partial charge in [-0.1, -0.05) is 11.6 Å². The fourth-order valence-electron chi connectivity index (χ4n) is 2.40. The molecule has 0 aromatic heterocycles. The molecule has 0 aliphatic carbocycles. The lowest BCUT2D eigenvalue weighted by atomic mass is 10.1. The summed E-state index contributed by atoms with van der Waals surface area (Å²) in [6.45, 7) is 0.842. The van der Waals surface area contributed by atoms with Crippen molar-refractivity contribution in [2.24, 2.45) is 0 Å². The molecule has 3 rings (SSSR count). The second-order valence-corrected chi connectivity index (χ2v) is 5.79. The molecule has 2 aromatic carbocycles. The fraction of sp³-hybridized carbons (Fsp3) is 0.158. The number of carbonyl (C=O) groups excluding carboxylic acids is 1. The quantitative estimate of drug-likeness (QED) is 0.656. The summed E-state index contributed by atoms with van der Waals surface area (Å²) in [6.07, 6.45) is 1.45. The lowest BCUT2D eigenvalue weighted by Crippen LogP contribution is -2.16. The first kappa shape index (κ1) is 17.6. The Morgan fingerprint density at radius 1 is 1.27 bits per heavy atom. The number of nitrogens with zero attached hydrogens (tertiary/aromatic N) is 1. The van der Waals surface area contributed by atoms with Crippen LogP contribution in [0.15, 0.2) is 42.0 Å². The molecule has 1 aliphatic heterocycles. The maximum absolute atomic E-state index is 12.4. The summed E-state index contributed by atoms with van der Waals surface area (Å²) in [4.78, 5) is 12.4. The molecule has 132 valence electrons. The molecule has 1 heterocycles. The molecule has 1 N–H and O–H groups in total. The highest BCUT2D eigenvalue weighted by molar-refractivity contribution is 6.32. The molecule has 0 saturated carbocycles. The van der Waals surface area contributed by atoms with E-state index in [1.807, 2.05) is 6.07 Å². The maximum Gasteiger partial charge on any atom is 0.266 e. The van der Waals surface area contributed by atoms with Crippen molar-refractivity contribution in [1.82, 2.24) is 0 Å². The monoisotopic (exact) mass is 370 g/mol. The van der Waals surface area contributed by atoms with Gasteiger partial charge in [-0.3, -0.25) is 4.79 Å². The van der Waals surface area contributed by atoms with Crippen LogP contribution in [0, 0.1) is 11.3 Å². The Hall–Kier alpha value is -3.17. The molecular formula is C19H15ClN2O4. The van der Waals surface area contributed by atoms with Gasteiger partial charge in [0, 0.05) is 5.69 Å². The van der Waals surface area contributed by atoms with Crippen LogP contribution < -0.4 is 19.5 Å². The highest BCUT2D eigenvalue weighted by Crippen LogP contribution is 2.38. The highest BCUT2D eigenvalue weighted by Gasteiger charge is 2.17. The summed E-state index contributed by atoms with van der Waals surface area (Å²) in [5.74, 6) is 1.10. The molecule has 0 fully saturated rings. The summed E-state index contributed by atoms with van der Waals surface area (Å²) >= 11 is 6.18. The van der Waals surface area contributed by atoms with E-state index in [2.05, 4.69) is 5.32 Å². The number of amides is 1. The minimum Gasteiger partial charge on any atom is -0.497 e. The number of benzene rings is 2. The van der Waals surface area contributed by atoms with E-state index < -0.39 is 5.91 Å². The van der Waals surface area contributed by atoms with Gasteiger partial charge >= 0.3 is 0 Å². The summed E-state index contributed by atoms with van der Waals surface area (Å²) < 4.78 is 16.0. The summed E-state index contributed by atoms with van der Waals surface area (Å²) in [5, 5.41) is 12.4. The van der Waals surface area contributed by atoms with Gasteiger partial charge in [-0.2, -0.15) is 5.26 Å². The molecule has 0 saturated heterocycles. The summed E-state index contributed by atoms with van der Waals surface area (Å²) in [6, 6.07) is 12.0. The van der Waals surface area contributed by atoms with E-state index in [1.165, 1.54) is 6.08 Å². The van der Waals surface area contributed by atoms with Crippen molar-refractivity contribution in [2.45, 2.75) is 0 Å². The van der Waals surface area contributed by atoms with E-state index in [9.17, 15) is 10.1 Å². The van der Waals surface area contributed by atoms with Gasteiger partial charge in [-0.15, -0.1) is 0 Å². The number of hydrogen-bond donors (Lipinski definition) is 1. The normalized spacial score (nSPS) is 12.9. The zero-order valence-electron chi connectivity index (χ0n) is 13.9. The largest absolute Gasteiger partial charge is 0.497 e. The van der Waals surface area contributed by atoms with Crippen molar-refractivity contribution >= 4 is 29.3 Å². The zero-order valence-corrected chi connectivity index (χ0v) is 14.7. The van der Waals surface area contributed by atoms with Gasteiger partial charge < -0.3 is 19.5 Å². The first-order valence-electron chi connectivity index (χ1n) is 7.77. The minimum absolute atomic E-state index is 0.0615. The Bertz CT molecular complexity index is 901. The van der Waals surface area contributed by atoms with Crippen LogP contribution in [0.4, 0.5) is 5.69 Å². The van der Waals surface area contributed by atoms with Crippen LogP contribution in [-0.2, 0) is 4.79 Å². The number of carbonyl (C=O) groups is 1. The standard InChI is InChI=1S/C19H15ClN2O4/c1-24-15-4-2-14(3-5-15)22-19(23)13(11-21)8-12-9-16(20)18-17(10-12)25-6-7-26-18/h2-5,8-10H,6-7H2,1H3,(H,22,23)/b13-8+. The lowest BCUT2D eigenvalue weighted by molar-refractivity contribution is -0.112. The van der Waals surface area contributed by atoms with E-state index in [4.69, 9.17) is 25.8 Å². The van der Waals surface area contributed by atoms with Gasteiger partial charge in [0.05, 0.1) is 12.1 Å². The van der Waals surface area contributed by atoms with E-state index in [1.54, 1.807) is 43.5 Å². The van der Waals surface area contributed by atoms with Crippen LogP contribution in [0.2, 0.25) is 5.02 Å². The number of methoxy groups -OCH3 is 1. The first-order chi connectivity index (χ1) is 12.6. The van der Waals surface area contributed by atoms with Gasteiger partial charge in [0.15, 0.2) is 11.5 Å². The van der Waals surface area contributed by atoms with Crippen molar-refractivity contribution < 1.29 is 19.0 Å². The molecule has 2 aromatic rings. The third-order valence-corrected chi connectivity index (χ3v) is 3.92. The average molecular weight is 371 g/mol. The van der Waals surface area contributed by atoms with Crippen LogP contribution in [0.5, 0.6) is 17.2 Å². The molecule has 26 heavy (non-hydrogen) atoms. The number of hydrogen-bond acceptors (Lipinski definition) is 5. The highest BCUT2D eigenvalue weighted by atomic mass is 35.5. The molecule has 1 amide bonds. The molecule has 1 aliphatic rings. The zero-order chi connectivity index (χ0) is 18.5. The molecule has 0 bridgehead atoms. The van der Waals surface area contributed by atoms with Gasteiger partial charge in [-0.25, -0.2) is 0 Å². The van der Waals surface area contributed by atoms with Gasteiger partial charge in [-0.05, 0) is 48.0 Å². The maximum atomic E-state index is 12.4. The third-order valence-electron chi connectivity index (χ3n) is 3.64.